The third kappa shape index (κ3) is 3.43. The summed E-state index contributed by atoms with van der Waals surface area (Å²) in [7, 11) is 1.83. The number of carbonyl (C=O) groups excluding carboxylic acids is 1. The highest BCUT2D eigenvalue weighted by atomic mass is 32.2. The monoisotopic (exact) mass is 345 g/mol. The summed E-state index contributed by atoms with van der Waals surface area (Å²) in [5.74, 6) is -0.141. The highest BCUT2D eigenvalue weighted by molar-refractivity contribution is 8.01. The zero-order chi connectivity index (χ0) is 16.4. The van der Waals surface area contributed by atoms with E-state index >= 15 is 0 Å². The number of nitrogens with one attached hydrogen (secondary N) is 1. The molecule has 0 saturated heterocycles. The topological polar surface area (TPSA) is 72.7 Å². The van der Waals surface area contributed by atoms with Crippen LogP contribution in [0.5, 0.6) is 0 Å². The largest absolute Gasteiger partial charge is 0.322 e. The standard InChI is InChI=1S/C15H15N5OS2/c1-9-13(10(2)20(3)19-9)14(21)17-11-4-6-12(7-5-11)23-15-18-16-8-22-15/h4-8H,1-3H3,(H,17,21). The molecule has 0 bridgehead atoms. The number of hydrogen-bond donors (Lipinski definition) is 1. The van der Waals surface area contributed by atoms with Crippen molar-refractivity contribution in [1.29, 1.82) is 0 Å². The molecule has 1 amide bonds. The molecule has 0 unspecified atom stereocenters. The van der Waals surface area contributed by atoms with Crippen LogP contribution >= 0.6 is 23.1 Å². The summed E-state index contributed by atoms with van der Waals surface area (Å²) >= 11 is 3.04. The van der Waals surface area contributed by atoms with Crippen molar-refractivity contribution in [3.63, 3.8) is 0 Å². The molecule has 0 saturated carbocycles. The Bertz CT molecular complexity index is 824. The number of carbonyl (C=O) groups is 1. The molecular formula is C15H15N5OS2. The Morgan fingerprint density at radius 3 is 2.57 bits per heavy atom. The van der Waals surface area contributed by atoms with E-state index in [1.54, 1.807) is 22.0 Å². The third-order valence-corrected chi connectivity index (χ3v) is 5.18. The summed E-state index contributed by atoms with van der Waals surface area (Å²) in [6, 6.07) is 7.65. The fourth-order valence-electron chi connectivity index (χ4n) is 2.21. The summed E-state index contributed by atoms with van der Waals surface area (Å²) in [5, 5.41) is 15.0. The van der Waals surface area contributed by atoms with E-state index in [2.05, 4.69) is 20.6 Å². The van der Waals surface area contributed by atoms with Crippen LogP contribution in [-0.4, -0.2) is 25.9 Å². The van der Waals surface area contributed by atoms with Gasteiger partial charge in [0.25, 0.3) is 5.91 Å². The Labute approximate surface area is 141 Å². The summed E-state index contributed by atoms with van der Waals surface area (Å²) in [6.07, 6.45) is 0. The Kier molecular flexibility index (Phi) is 4.44. The SMILES string of the molecule is Cc1nn(C)c(C)c1C(=O)Nc1ccc(Sc2nncs2)cc1. The minimum Gasteiger partial charge on any atom is -0.322 e. The first kappa shape index (κ1) is 15.7. The fraction of sp³-hybridized carbons (Fsp3) is 0.200. The Morgan fingerprint density at radius 1 is 1.26 bits per heavy atom. The zero-order valence-corrected chi connectivity index (χ0v) is 14.5. The summed E-state index contributed by atoms with van der Waals surface area (Å²) < 4.78 is 2.61. The van der Waals surface area contributed by atoms with Gasteiger partial charge in [0.05, 0.1) is 11.3 Å². The van der Waals surface area contributed by atoms with Crippen molar-refractivity contribution in [1.82, 2.24) is 20.0 Å². The summed E-state index contributed by atoms with van der Waals surface area (Å²) in [6.45, 7) is 3.72. The van der Waals surface area contributed by atoms with Crippen LogP contribution in [0.15, 0.2) is 39.0 Å². The maximum Gasteiger partial charge on any atom is 0.259 e. The fourth-order valence-corrected chi connectivity index (χ4v) is 3.66. The normalized spacial score (nSPS) is 10.7. The molecule has 6 nitrogen and oxygen atoms in total. The molecule has 0 atom stereocenters. The molecule has 2 heterocycles. The number of hydrogen-bond acceptors (Lipinski definition) is 6. The van der Waals surface area contributed by atoms with E-state index in [0.29, 0.717) is 5.56 Å². The third-order valence-electron chi connectivity index (χ3n) is 3.39. The van der Waals surface area contributed by atoms with Gasteiger partial charge in [0.2, 0.25) is 0 Å². The molecule has 118 valence electrons. The van der Waals surface area contributed by atoms with E-state index in [4.69, 9.17) is 0 Å². The van der Waals surface area contributed by atoms with Crippen molar-refractivity contribution in [2.24, 2.45) is 7.05 Å². The van der Waals surface area contributed by atoms with Crippen molar-refractivity contribution in [2.45, 2.75) is 23.1 Å². The zero-order valence-electron chi connectivity index (χ0n) is 12.9. The molecule has 0 spiro atoms. The van der Waals surface area contributed by atoms with Crippen LogP contribution in [0.1, 0.15) is 21.7 Å². The van der Waals surface area contributed by atoms with E-state index in [1.807, 2.05) is 45.2 Å². The first-order valence-corrected chi connectivity index (χ1v) is 8.60. The van der Waals surface area contributed by atoms with E-state index in [1.165, 1.54) is 11.3 Å². The first-order chi connectivity index (χ1) is 11.0. The number of aromatic nitrogens is 4. The molecule has 0 radical (unpaired) electrons. The summed E-state index contributed by atoms with van der Waals surface area (Å²) in [5.41, 5.74) is 4.66. The maximum atomic E-state index is 12.4. The Morgan fingerprint density at radius 2 is 2.00 bits per heavy atom. The van der Waals surface area contributed by atoms with Gasteiger partial charge >= 0.3 is 0 Å². The number of amides is 1. The number of rotatable bonds is 4. The van der Waals surface area contributed by atoms with Crippen LogP contribution in [0, 0.1) is 13.8 Å². The molecule has 23 heavy (non-hydrogen) atoms. The van der Waals surface area contributed by atoms with Gasteiger partial charge in [-0.05, 0) is 38.1 Å². The van der Waals surface area contributed by atoms with Gasteiger partial charge in [-0.15, -0.1) is 10.2 Å². The second-order valence-electron chi connectivity index (χ2n) is 4.95. The van der Waals surface area contributed by atoms with Gasteiger partial charge < -0.3 is 5.32 Å². The highest BCUT2D eigenvalue weighted by Crippen LogP contribution is 2.29. The number of benzene rings is 1. The van der Waals surface area contributed by atoms with Gasteiger partial charge in [-0.2, -0.15) is 5.10 Å². The van der Waals surface area contributed by atoms with Crippen molar-refractivity contribution < 1.29 is 4.79 Å². The molecule has 0 aliphatic heterocycles. The molecule has 2 aromatic heterocycles. The predicted octanol–water partition coefficient (Wildman–Crippen LogP) is 3.29. The molecule has 8 heteroatoms. The molecule has 0 fully saturated rings. The van der Waals surface area contributed by atoms with E-state index in [-0.39, 0.29) is 5.91 Å². The minimum absolute atomic E-state index is 0.141. The van der Waals surface area contributed by atoms with Crippen molar-refractivity contribution in [3.8, 4) is 0 Å². The number of aryl methyl sites for hydroxylation is 2. The van der Waals surface area contributed by atoms with Gasteiger partial charge in [-0.25, -0.2) is 0 Å². The average Bonchev–Trinajstić information content (AvgIpc) is 3.10. The minimum atomic E-state index is -0.141. The van der Waals surface area contributed by atoms with Gasteiger partial charge in [0.1, 0.15) is 5.51 Å². The lowest BCUT2D eigenvalue weighted by molar-refractivity contribution is 0.102. The van der Waals surface area contributed by atoms with Crippen LogP contribution in [-0.2, 0) is 7.05 Å². The lowest BCUT2D eigenvalue weighted by Crippen LogP contribution is -2.14. The number of anilines is 1. The van der Waals surface area contributed by atoms with E-state index in [0.717, 1.165) is 26.3 Å². The molecule has 0 aliphatic rings. The Balaban J connectivity index is 1.71. The van der Waals surface area contributed by atoms with E-state index < -0.39 is 0 Å². The second-order valence-corrected chi connectivity index (χ2v) is 7.11. The lowest BCUT2D eigenvalue weighted by atomic mass is 10.2. The number of nitrogens with zero attached hydrogens (tertiary/aromatic N) is 4. The quantitative estimate of drug-likeness (QED) is 0.785. The smallest absolute Gasteiger partial charge is 0.259 e. The van der Waals surface area contributed by atoms with Crippen LogP contribution < -0.4 is 5.32 Å². The first-order valence-electron chi connectivity index (χ1n) is 6.90. The maximum absolute atomic E-state index is 12.4. The molecule has 1 aromatic carbocycles. The molecule has 0 aliphatic carbocycles. The lowest BCUT2D eigenvalue weighted by Gasteiger charge is -2.06. The molecular weight excluding hydrogens is 330 g/mol. The van der Waals surface area contributed by atoms with Gasteiger partial charge in [0.15, 0.2) is 4.34 Å². The van der Waals surface area contributed by atoms with Crippen LogP contribution in [0.3, 0.4) is 0 Å². The average molecular weight is 345 g/mol. The van der Waals surface area contributed by atoms with Gasteiger partial charge in [-0.1, -0.05) is 23.1 Å². The van der Waals surface area contributed by atoms with Crippen molar-refractivity contribution in [2.75, 3.05) is 5.32 Å². The van der Waals surface area contributed by atoms with Crippen LogP contribution in [0.4, 0.5) is 5.69 Å². The molecule has 1 N–H and O–H groups in total. The van der Waals surface area contributed by atoms with Crippen LogP contribution in [0.25, 0.3) is 0 Å². The van der Waals surface area contributed by atoms with Gasteiger partial charge in [-0.3, -0.25) is 9.48 Å². The van der Waals surface area contributed by atoms with Gasteiger partial charge in [0, 0.05) is 23.3 Å². The van der Waals surface area contributed by atoms with Crippen LogP contribution in [0.2, 0.25) is 0 Å². The van der Waals surface area contributed by atoms with E-state index in [9.17, 15) is 4.79 Å². The summed E-state index contributed by atoms with van der Waals surface area (Å²) in [4.78, 5) is 13.5. The second kappa shape index (κ2) is 6.51. The Hall–Kier alpha value is -2.19. The highest BCUT2D eigenvalue weighted by Gasteiger charge is 2.17. The predicted molar refractivity (Wildman–Crippen MR) is 91.1 cm³/mol. The molecule has 3 rings (SSSR count). The van der Waals surface area contributed by atoms with Crippen molar-refractivity contribution >= 4 is 34.7 Å². The van der Waals surface area contributed by atoms with Crippen molar-refractivity contribution in [3.05, 3.63) is 46.7 Å². The molecule has 3 aromatic rings.